The van der Waals surface area contributed by atoms with E-state index < -0.39 is 5.41 Å². The Morgan fingerprint density at radius 1 is 1.06 bits per heavy atom. The number of ether oxygens (including phenoxy) is 1. The van der Waals surface area contributed by atoms with E-state index >= 15 is 0 Å². The van der Waals surface area contributed by atoms with Gasteiger partial charge in [0.15, 0.2) is 0 Å². The van der Waals surface area contributed by atoms with Gasteiger partial charge in [0.25, 0.3) is 0 Å². The van der Waals surface area contributed by atoms with Gasteiger partial charge in [-0.25, -0.2) is 4.39 Å². The zero-order valence-electron chi connectivity index (χ0n) is 19.9. The molecule has 3 atom stereocenters. The van der Waals surface area contributed by atoms with Crippen molar-refractivity contribution >= 4 is 5.78 Å². The fraction of sp³-hybridized carbons (Fsp3) is 0.345. The van der Waals surface area contributed by atoms with Crippen molar-refractivity contribution in [1.29, 1.82) is 0 Å². The third-order valence-electron chi connectivity index (χ3n) is 6.95. The maximum Gasteiger partial charge on any atom is 0.145 e. The molecular weight excluding hydrogens is 427 g/mol. The molecule has 0 saturated carbocycles. The third kappa shape index (κ3) is 4.77. The van der Waals surface area contributed by atoms with E-state index in [1.807, 2.05) is 49.4 Å². The van der Waals surface area contributed by atoms with Gasteiger partial charge in [0.05, 0.1) is 12.5 Å². The van der Waals surface area contributed by atoms with Crippen LogP contribution in [-0.4, -0.2) is 25.5 Å². The molecule has 0 bridgehead atoms. The number of methoxy groups -OCH3 is 1. The fourth-order valence-electron chi connectivity index (χ4n) is 5.31. The molecule has 2 N–H and O–H groups in total. The number of benzene rings is 3. The maximum absolute atomic E-state index is 13.9. The van der Waals surface area contributed by atoms with Crippen LogP contribution in [0, 0.1) is 5.82 Å². The van der Waals surface area contributed by atoms with Gasteiger partial charge in [-0.3, -0.25) is 4.79 Å². The first-order chi connectivity index (χ1) is 16.6. The molecule has 1 aliphatic heterocycles. The SMILES string of the molecule is CCCC(=O)C1(c2ccc(F)cc2)CCNC(c2ccccc2)C1NCc1ccccc1OC. The van der Waals surface area contributed by atoms with Gasteiger partial charge in [0.2, 0.25) is 0 Å². The van der Waals surface area contributed by atoms with Crippen molar-refractivity contribution in [3.8, 4) is 5.75 Å². The summed E-state index contributed by atoms with van der Waals surface area (Å²) >= 11 is 0. The van der Waals surface area contributed by atoms with Crippen LogP contribution in [0.1, 0.15) is 48.9 Å². The molecule has 0 amide bonds. The average molecular weight is 461 g/mol. The first kappa shape index (κ1) is 24.1. The van der Waals surface area contributed by atoms with E-state index in [0.29, 0.717) is 25.9 Å². The van der Waals surface area contributed by atoms with Gasteiger partial charge < -0.3 is 15.4 Å². The molecule has 1 fully saturated rings. The van der Waals surface area contributed by atoms with E-state index in [1.165, 1.54) is 12.1 Å². The number of ketones is 1. The molecule has 0 aromatic heterocycles. The molecule has 5 heteroatoms. The molecule has 0 aliphatic carbocycles. The lowest BCUT2D eigenvalue weighted by Crippen LogP contribution is -2.63. The van der Waals surface area contributed by atoms with Crippen molar-refractivity contribution in [2.45, 2.75) is 50.2 Å². The van der Waals surface area contributed by atoms with Crippen LogP contribution in [0.5, 0.6) is 5.75 Å². The number of piperidine rings is 1. The van der Waals surface area contributed by atoms with Crippen molar-refractivity contribution in [2.75, 3.05) is 13.7 Å². The summed E-state index contributed by atoms with van der Waals surface area (Å²) in [6.45, 7) is 3.27. The number of Topliss-reactive ketones (excluding diaryl/α,β-unsaturated/α-hetero) is 1. The summed E-state index contributed by atoms with van der Waals surface area (Å²) in [5.74, 6) is 0.706. The summed E-state index contributed by atoms with van der Waals surface area (Å²) < 4.78 is 19.5. The minimum atomic E-state index is -0.780. The molecule has 34 heavy (non-hydrogen) atoms. The lowest BCUT2D eigenvalue weighted by molar-refractivity contribution is -0.127. The largest absolute Gasteiger partial charge is 0.496 e. The molecule has 3 aromatic rings. The van der Waals surface area contributed by atoms with E-state index in [-0.39, 0.29) is 23.7 Å². The fourth-order valence-corrected chi connectivity index (χ4v) is 5.31. The smallest absolute Gasteiger partial charge is 0.145 e. The minimum absolute atomic E-state index is 0.0875. The molecule has 4 nitrogen and oxygen atoms in total. The molecule has 1 aliphatic rings. The predicted molar refractivity (Wildman–Crippen MR) is 133 cm³/mol. The zero-order chi connectivity index (χ0) is 24.0. The quantitative estimate of drug-likeness (QED) is 0.453. The number of carbonyl (C=O) groups is 1. The first-order valence-electron chi connectivity index (χ1n) is 12.0. The Kier molecular flexibility index (Phi) is 7.76. The second-order valence-corrected chi connectivity index (χ2v) is 8.91. The second kappa shape index (κ2) is 10.9. The summed E-state index contributed by atoms with van der Waals surface area (Å²) in [4.78, 5) is 13.9. The molecule has 0 radical (unpaired) electrons. The van der Waals surface area contributed by atoms with Gasteiger partial charge in [-0.05, 0) is 48.7 Å². The van der Waals surface area contributed by atoms with Crippen molar-refractivity contribution in [1.82, 2.24) is 10.6 Å². The molecule has 0 spiro atoms. The lowest BCUT2D eigenvalue weighted by atomic mass is 9.63. The monoisotopic (exact) mass is 460 g/mol. The summed E-state index contributed by atoms with van der Waals surface area (Å²) in [5.41, 5.74) is 2.23. The first-order valence-corrected chi connectivity index (χ1v) is 12.0. The molecule has 178 valence electrons. The summed E-state index contributed by atoms with van der Waals surface area (Å²) in [5, 5.41) is 7.41. The van der Waals surface area contributed by atoms with Gasteiger partial charge in [-0.1, -0.05) is 67.6 Å². The normalized spacial score (nSPS) is 22.3. The highest BCUT2D eigenvalue weighted by Gasteiger charge is 2.51. The van der Waals surface area contributed by atoms with Crippen LogP contribution in [0.4, 0.5) is 4.39 Å². The van der Waals surface area contributed by atoms with E-state index in [1.54, 1.807) is 19.2 Å². The average Bonchev–Trinajstić information content (AvgIpc) is 2.88. The van der Waals surface area contributed by atoms with Crippen LogP contribution < -0.4 is 15.4 Å². The van der Waals surface area contributed by atoms with Crippen LogP contribution in [0.2, 0.25) is 0 Å². The van der Waals surface area contributed by atoms with E-state index in [9.17, 15) is 9.18 Å². The Bertz CT molecular complexity index is 1090. The third-order valence-corrected chi connectivity index (χ3v) is 6.95. The van der Waals surface area contributed by atoms with Gasteiger partial charge in [-0.15, -0.1) is 0 Å². The van der Waals surface area contributed by atoms with E-state index in [2.05, 4.69) is 22.8 Å². The predicted octanol–water partition coefficient (Wildman–Crippen LogP) is 5.33. The summed E-state index contributed by atoms with van der Waals surface area (Å²) in [6.07, 6.45) is 1.89. The number of carbonyl (C=O) groups excluding carboxylic acids is 1. The topological polar surface area (TPSA) is 50.4 Å². The van der Waals surface area contributed by atoms with Crippen molar-refractivity contribution in [3.05, 3.63) is 101 Å². The highest BCUT2D eigenvalue weighted by Crippen LogP contribution is 2.43. The Morgan fingerprint density at radius 3 is 2.47 bits per heavy atom. The number of nitrogens with one attached hydrogen (secondary N) is 2. The van der Waals surface area contributed by atoms with Crippen LogP contribution in [-0.2, 0) is 16.8 Å². The van der Waals surface area contributed by atoms with Gasteiger partial charge in [0.1, 0.15) is 17.3 Å². The number of hydrogen-bond acceptors (Lipinski definition) is 4. The lowest BCUT2D eigenvalue weighted by Gasteiger charge is -2.49. The van der Waals surface area contributed by atoms with Crippen molar-refractivity contribution in [3.63, 3.8) is 0 Å². The van der Waals surface area contributed by atoms with Crippen LogP contribution in [0.3, 0.4) is 0 Å². The molecular formula is C29H33FN2O2. The Morgan fingerprint density at radius 2 is 1.76 bits per heavy atom. The molecule has 1 saturated heterocycles. The Balaban J connectivity index is 1.82. The second-order valence-electron chi connectivity index (χ2n) is 8.91. The Hall–Kier alpha value is -3.02. The highest BCUT2D eigenvalue weighted by molar-refractivity contribution is 5.91. The van der Waals surface area contributed by atoms with Crippen LogP contribution in [0.15, 0.2) is 78.9 Å². The molecule has 3 aromatic carbocycles. The number of para-hydroxylation sites is 1. The standard InChI is InChI=1S/C29H33FN2O2/c1-3-9-26(33)29(23-14-16-24(30)17-15-23)18-19-31-27(21-10-5-4-6-11-21)28(29)32-20-22-12-7-8-13-25(22)34-2/h4-8,10-17,27-28,31-32H,3,9,18-20H2,1-2H3. The Labute approximate surface area is 201 Å². The summed E-state index contributed by atoms with van der Waals surface area (Å²) in [6, 6.07) is 24.3. The van der Waals surface area contributed by atoms with Gasteiger partial charge >= 0.3 is 0 Å². The number of hydrogen-bond donors (Lipinski definition) is 2. The van der Waals surface area contributed by atoms with Gasteiger partial charge in [-0.2, -0.15) is 0 Å². The molecule has 3 unspecified atom stereocenters. The van der Waals surface area contributed by atoms with Gasteiger partial charge in [0, 0.05) is 30.6 Å². The molecule has 1 heterocycles. The highest BCUT2D eigenvalue weighted by atomic mass is 19.1. The van der Waals surface area contributed by atoms with E-state index in [4.69, 9.17) is 4.74 Å². The van der Waals surface area contributed by atoms with Crippen LogP contribution in [0.25, 0.3) is 0 Å². The van der Waals surface area contributed by atoms with E-state index in [0.717, 1.165) is 28.9 Å². The zero-order valence-corrected chi connectivity index (χ0v) is 19.9. The summed E-state index contributed by atoms with van der Waals surface area (Å²) in [7, 11) is 1.67. The number of halogens is 1. The number of rotatable bonds is 9. The van der Waals surface area contributed by atoms with Crippen LogP contribution >= 0.6 is 0 Å². The maximum atomic E-state index is 13.9. The minimum Gasteiger partial charge on any atom is -0.496 e. The molecule has 4 rings (SSSR count). The van der Waals surface area contributed by atoms with Crippen molar-refractivity contribution in [2.24, 2.45) is 0 Å². The van der Waals surface area contributed by atoms with Crippen molar-refractivity contribution < 1.29 is 13.9 Å².